The summed E-state index contributed by atoms with van der Waals surface area (Å²) in [5.41, 5.74) is 1.55. The molecule has 2 aromatic carbocycles. The third-order valence-electron chi connectivity index (χ3n) is 8.03. The number of likely N-dealkylation sites (tertiary alicyclic amines) is 1. The Morgan fingerprint density at radius 2 is 1.87 bits per heavy atom. The lowest BCUT2D eigenvalue weighted by Crippen LogP contribution is -2.57. The Hall–Kier alpha value is -5.10. The number of ether oxygens (including phenoxy) is 2. The van der Waals surface area contributed by atoms with Crippen molar-refractivity contribution in [1.82, 2.24) is 30.3 Å². The first-order valence-electron chi connectivity index (χ1n) is 15.0. The van der Waals surface area contributed by atoms with Crippen LogP contribution in [-0.4, -0.2) is 69.2 Å². The number of rotatable bonds is 2. The number of benzene rings is 2. The van der Waals surface area contributed by atoms with Gasteiger partial charge in [-0.3, -0.25) is 24.2 Å². The fourth-order valence-corrected chi connectivity index (χ4v) is 5.70. The Morgan fingerprint density at radius 3 is 2.73 bits per heavy atom. The average molecular weight is 611 g/mol. The zero-order valence-corrected chi connectivity index (χ0v) is 24.9. The highest BCUT2D eigenvalue weighted by atomic mass is 16.5. The first kappa shape index (κ1) is 29.9. The minimum absolute atomic E-state index is 0.177. The largest absolute Gasteiger partial charge is 0.456 e. The third kappa shape index (κ3) is 7.01. The Balaban J connectivity index is 1.19. The standard InChI is InChI=1S/C33H34N6O6/c1-21-26-8-2-3-9-27(26)33(43)39(37-21)19-31(41)38-13-11-29-28(18-38)36-30(40)10-5-12-35-32(42)23-15-25(17-34-16-23)45-24-7-4-6-22(14-24)20-44-29/h2-4,6-9,14-17,28-29H,5,10-13,18-20H2,1H3,(H,35,42)(H,36,40)/t28-,29-/m0/s1. The van der Waals surface area contributed by atoms with Crippen LogP contribution in [0.1, 0.15) is 40.9 Å². The molecule has 2 N–H and O–H groups in total. The summed E-state index contributed by atoms with van der Waals surface area (Å²) in [7, 11) is 0. The summed E-state index contributed by atoms with van der Waals surface area (Å²) in [5.74, 6) is 0.203. The first-order chi connectivity index (χ1) is 21.8. The molecule has 1 fully saturated rings. The quantitative estimate of drug-likeness (QED) is 0.353. The van der Waals surface area contributed by atoms with Gasteiger partial charge in [0.1, 0.15) is 18.0 Å². The van der Waals surface area contributed by atoms with Crippen molar-refractivity contribution in [3.8, 4) is 11.5 Å². The van der Waals surface area contributed by atoms with Crippen LogP contribution >= 0.6 is 0 Å². The van der Waals surface area contributed by atoms with Crippen LogP contribution in [0.4, 0.5) is 0 Å². The summed E-state index contributed by atoms with van der Waals surface area (Å²) < 4.78 is 13.5. The van der Waals surface area contributed by atoms with Crippen molar-refractivity contribution in [1.29, 1.82) is 0 Å². The van der Waals surface area contributed by atoms with Crippen molar-refractivity contribution < 1.29 is 23.9 Å². The van der Waals surface area contributed by atoms with Gasteiger partial charge in [-0.25, -0.2) is 4.68 Å². The summed E-state index contributed by atoms with van der Waals surface area (Å²) in [6.07, 6.45) is 3.72. The molecule has 232 valence electrons. The van der Waals surface area contributed by atoms with E-state index in [0.717, 1.165) is 10.9 Å². The van der Waals surface area contributed by atoms with E-state index in [1.807, 2.05) is 37.3 Å². The second-order valence-electron chi connectivity index (χ2n) is 11.3. The second-order valence-corrected chi connectivity index (χ2v) is 11.3. The van der Waals surface area contributed by atoms with Crippen LogP contribution in [0.15, 0.2) is 71.8 Å². The molecular formula is C33H34N6O6. The van der Waals surface area contributed by atoms with Gasteiger partial charge in [-0.05, 0) is 49.6 Å². The van der Waals surface area contributed by atoms with Crippen molar-refractivity contribution in [3.63, 3.8) is 0 Å². The highest BCUT2D eigenvalue weighted by Gasteiger charge is 2.33. The van der Waals surface area contributed by atoms with Gasteiger partial charge < -0.3 is 25.0 Å². The van der Waals surface area contributed by atoms with Gasteiger partial charge in [0, 0.05) is 37.6 Å². The van der Waals surface area contributed by atoms with Crippen molar-refractivity contribution in [3.05, 3.63) is 94.2 Å². The average Bonchev–Trinajstić information content (AvgIpc) is 3.04. The molecule has 2 aliphatic heterocycles. The summed E-state index contributed by atoms with van der Waals surface area (Å²) >= 11 is 0. The van der Waals surface area contributed by atoms with Crippen molar-refractivity contribution in [2.75, 3.05) is 19.6 Å². The molecule has 4 aromatic rings. The normalized spacial score (nSPS) is 19.4. The lowest BCUT2D eigenvalue weighted by Gasteiger charge is -2.39. The van der Waals surface area contributed by atoms with Crippen LogP contribution in [-0.2, 0) is 27.5 Å². The molecule has 0 aliphatic carbocycles. The minimum Gasteiger partial charge on any atom is -0.456 e. The fourth-order valence-electron chi connectivity index (χ4n) is 5.70. The smallest absolute Gasteiger partial charge is 0.275 e. The predicted molar refractivity (Wildman–Crippen MR) is 165 cm³/mol. The highest BCUT2D eigenvalue weighted by Crippen LogP contribution is 2.24. The zero-order valence-electron chi connectivity index (χ0n) is 24.9. The van der Waals surface area contributed by atoms with Gasteiger partial charge in [-0.15, -0.1) is 0 Å². The number of pyridine rings is 1. The number of nitrogens with zero attached hydrogens (tertiary/aromatic N) is 4. The lowest BCUT2D eigenvalue weighted by molar-refractivity contribution is -0.138. The molecule has 1 saturated heterocycles. The van der Waals surface area contributed by atoms with Gasteiger partial charge in [0.2, 0.25) is 11.8 Å². The number of amides is 3. The van der Waals surface area contributed by atoms with Crippen LogP contribution < -0.4 is 20.9 Å². The molecule has 0 unspecified atom stereocenters. The monoisotopic (exact) mass is 610 g/mol. The van der Waals surface area contributed by atoms with Crippen molar-refractivity contribution >= 4 is 28.5 Å². The van der Waals surface area contributed by atoms with E-state index in [9.17, 15) is 19.2 Å². The van der Waals surface area contributed by atoms with Crippen LogP contribution in [0.25, 0.3) is 10.8 Å². The number of aromatic nitrogens is 3. The van der Waals surface area contributed by atoms with E-state index in [2.05, 4.69) is 20.7 Å². The van der Waals surface area contributed by atoms with Crippen molar-refractivity contribution in [2.24, 2.45) is 0 Å². The summed E-state index contributed by atoms with van der Waals surface area (Å²) in [4.78, 5) is 58.0. The Labute approximate surface area is 259 Å². The fraction of sp³-hybridized carbons (Fsp3) is 0.333. The van der Waals surface area contributed by atoms with Crippen LogP contribution in [0.2, 0.25) is 0 Å². The lowest BCUT2D eigenvalue weighted by atomic mass is 10.0. The Kier molecular flexibility index (Phi) is 8.83. The molecule has 2 aromatic heterocycles. The molecule has 6 rings (SSSR count). The van der Waals surface area contributed by atoms with Gasteiger partial charge in [-0.1, -0.05) is 30.3 Å². The van der Waals surface area contributed by atoms with E-state index in [-0.39, 0.29) is 55.5 Å². The summed E-state index contributed by atoms with van der Waals surface area (Å²) in [5, 5.41) is 11.5. The molecule has 12 heteroatoms. The minimum atomic E-state index is -0.475. The number of fused-ring (bicyclic) bond motifs is 6. The molecule has 0 spiro atoms. The number of hydrogen-bond acceptors (Lipinski definition) is 8. The van der Waals surface area contributed by atoms with Crippen LogP contribution in [0, 0.1) is 6.92 Å². The number of carbonyl (C=O) groups is 3. The molecular weight excluding hydrogens is 576 g/mol. The van der Waals surface area contributed by atoms with E-state index in [1.165, 1.54) is 17.1 Å². The number of piperidine rings is 1. The Bertz CT molecular complexity index is 1810. The maximum Gasteiger partial charge on any atom is 0.275 e. The number of nitrogens with one attached hydrogen (secondary N) is 2. The second kappa shape index (κ2) is 13.3. The topological polar surface area (TPSA) is 145 Å². The maximum absolute atomic E-state index is 13.4. The number of hydrogen-bond donors (Lipinski definition) is 2. The molecule has 4 bridgehead atoms. The third-order valence-corrected chi connectivity index (χ3v) is 8.03. The van der Waals surface area contributed by atoms with E-state index >= 15 is 0 Å². The molecule has 0 saturated carbocycles. The zero-order chi connectivity index (χ0) is 31.3. The van der Waals surface area contributed by atoms with E-state index in [4.69, 9.17) is 9.47 Å². The van der Waals surface area contributed by atoms with Crippen molar-refractivity contribution in [2.45, 2.75) is 51.5 Å². The van der Waals surface area contributed by atoms with E-state index < -0.39 is 6.04 Å². The molecule has 45 heavy (non-hydrogen) atoms. The maximum atomic E-state index is 13.4. The molecule has 2 aliphatic rings. The van der Waals surface area contributed by atoms with E-state index in [1.54, 1.807) is 29.2 Å². The van der Waals surface area contributed by atoms with Gasteiger partial charge in [0.15, 0.2) is 0 Å². The first-order valence-corrected chi connectivity index (χ1v) is 15.0. The predicted octanol–water partition coefficient (Wildman–Crippen LogP) is 2.72. The summed E-state index contributed by atoms with van der Waals surface area (Å²) in [6, 6.07) is 15.8. The molecule has 0 radical (unpaired) electrons. The summed E-state index contributed by atoms with van der Waals surface area (Å²) in [6.45, 7) is 2.78. The Morgan fingerprint density at radius 1 is 1.02 bits per heavy atom. The van der Waals surface area contributed by atoms with Gasteiger partial charge in [0.25, 0.3) is 11.5 Å². The SMILES string of the molecule is Cc1nn(CC(=O)N2CC[C@@H]3OCc4cccc(c4)Oc4cncc(c4)C(=O)NCCCC(=O)N[C@H]3C2)c(=O)c2ccccc12. The van der Waals surface area contributed by atoms with E-state index in [0.29, 0.717) is 54.1 Å². The number of carbonyl (C=O) groups excluding carboxylic acids is 3. The van der Waals surface area contributed by atoms with Gasteiger partial charge >= 0.3 is 0 Å². The van der Waals surface area contributed by atoms with Gasteiger partial charge in [0.05, 0.1) is 41.6 Å². The molecule has 12 nitrogen and oxygen atoms in total. The van der Waals surface area contributed by atoms with Crippen LogP contribution in [0.3, 0.4) is 0 Å². The van der Waals surface area contributed by atoms with Crippen LogP contribution in [0.5, 0.6) is 11.5 Å². The highest BCUT2D eigenvalue weighted by molar-refractivity contribution is 5.94. The molecule has 4 heterocycles. The molecule has 3 amide bonds. The number of aryl methyl sites for hydroxylation is 1. The van der Waals surface area contributed by atoms with Gasteiger partial charge in [-0.2, -0.15) is 5.10 Å². The molecule has 2 atom stereocenters.